The van der Waals surface area contributed by atoms with Crippen LogP contribution in [0.1, 0.15) is 21.9 Å². The van der Waals surface area contributed by atoms with E-state index in [1.54, 1.807) is 13.8 Å². The third kappa shape index (κ3) is 1.55. The highest BCUT2D eigenvalue weighted by Crippen LogP contribution is 2.32. The summed E-state index contributed by atoms with van der Waals surface area (Å²) in [5.74, 6) is -0.556. The number of anilines is 1. The van der Waals surface area contributed by atoms with Crippen molar-refractivity contribution in [2.45, 2.75) is 13.8 Å². The Hall–Kier alpha value is -2.31. The van der Waals surface area contributed by atoms with Crippen molar-refractivity contribution in [1.29, 1.82) is 0 Å². The van der Waals surface area contributed by atoms with E-state index in [4.69, 9.17) is 15.4 Å². The van der Waals surface area contributed by atoms with Crippen LogP contribution in [0.15, 0.2) is 4.52 Å². The Bertz CT molecular complexity index is 577. The van der Waals surface area contributed by atoms with E-state index in [0.29, 0.717) is 22.7 Å². The Labute approximate surface area is 96.8 Å². The van der Waals surface area contributed by atoms with Crippen molar-refractivity contribution < 1.29 is 14.4 Å². The van der Waals surface area contributed by atoms with Gasteiger partial charge in [0.1, 0.15) is 11.5 Å². The molecule has 0 amide bonds. The second kappa shape index (κ2) is 3.62. The highest BCUT2D eigenvalue weighted by Gasteiger charge is 2.24. The molecule has 0 aliphatic carbocycles. The van der Waals surface area contributed by atoms with E-state index in [-0.39, 0.29) is 11.4 Å². The second-order valence-electron chi connectivity index (χ2n) is 3.74. The molecule has 2 heterocycles. The molecule has 0 aliphatic heterocycles. The number of carboxylic acid groups (broad SMARTS) is 1. The standard InChI is InChI=1S/C10H12N4O3/c1-4-6(5(2)17-13-4)8-7(11)9(10(15)16)14(3)12-8/h11H2,1-3H3,(H,15,16). The minimum absolute atomic E-state index is 0.0417. The Morgan fingerprint density at radius 3 is 2.53 bits per heavy atom. The molecule has 90 valence electrons. The molecule has 2 aromatic heterocycles. The molecule has 0 unspecified atom stereocenters. The number of nitrogens with zero attached hydrogens (tertiary/aromatic N) is 3. The van der Waals surface area contributed by atoms with Crippen molar-refractivity contribution in [2.75, 3.05) is 5.73 Å². The minimum atomic E-state index is -1.12. The van der Waals surface area contributed by atoms with Crippen LogP contribution in [0.3, 0.4) is 0 Å². The zero-order valence-corrected chi connectivity index (χ0v) is 9.68. The van der Waals surface area contributed by atoms with Gasteiger partial charge in [-0.3, -0.25) is 4.68 Å². The Kier molecular flexibility index (Phi) is 2.38. The highest BCUT2D eigenvalue weighted by atomic mass is 16.5. The first-order chi connectivity index (χ1) is 7.93. The summed E-state index contributed by atoms with van der Waals surface area (Å²) in [6.07, 6.45) is 0. The Morgan fingerprint density at radius 2 is 2.12 bits per heavy atom. The van der Waals surface area contributed by atoms with Crippen LogP contribution < -0.4 is 5.73 Å². The lowest BCUT2D eigenvalue weighted by atomic mass is 10.1. The predicted octanol–water partition coefficient (Wildman–Crippen LogP) is 0.972. The van der Waals surface area contributed by atoms with Crippen LogP contribution >= 0.6 is 0 Å². The maximum absolute atomic E-state index is 11.0. The third-order valence-electron chi connectivity index (χ3n) is 2.56. The minimum Gasteiger partial charge on any atom is -0.476 e. The number of carboxylic acids is 1. The van der Waals surface area contributed by atoms with E-state index in [9.17, 15) is 4.79 Å². The summed E-state index contributed by atoms with van der Waals surface area (Å²) >= 11 is 0. The van der Waals surface area contributed by atoms with E-state index in [0.717, 1.165) is 0 Å². The number of hydrogen-bond acceptors (Lipinski definition) is 5. The van der Waals surface area contributed by atoms with Crippen LogP contribution in [-0.2, 0) is 7.05 Å². The first-order valence-electron chi connectivity index (χ1n) is 4.92. The number of aromatic carboxylic acids is 1. The zero-order valence-electron chi connectivity index (χ0n) is 9.68. The molecule has 7 heteroatoms. The average Bonchev–Trinajstić information content (AvgIpc) is 2.68. The van der Waals surface area contributed by atoms with Gasteiger partial charge in [0.25, 0.3) is 0 Å². The molecule has 0 aliphatic rings. The first-order valence-corrected chi connectivity index (χ1v) is 4.92. The molecule has 0 spiro atoms. The van der Waals surface area contributed by atoms with Crippen LogP contribution in [0.4, 0.5) is 5.69 Å². The first kappa shape index (κ1) is 11.2. The van der Waals surface area contributed by atoms with E-state index in [2.05, 4.69) is 10.3 Å². The molecule has 0 bridgehead atoms. The van der Waals surface area contributed by atoms with Crippen LogP contribution in [0.2, 0.25) is 0 Å². The molecule has 3 N–H and O–H groups in total. The number of nitrogen functional groups attached to an aromatic ring is 1. The van der Waals surface area contributed by atoms with Crippen LogP contribution in [0, 0.1) is 13.8 Å². The van der Waals surface area contributed by atoms with Crippen molar-refractivity contribution in [3.05, 3.63) is 17.1 Å². The summed E-state index contributed by atoms with van der Waals surface area (Å²) in [5, 5.41) is 16.9. The molecule has 0 fully saturated rings. The fourth-order valence-electron chi connectivity index (χ4n) is 1.80. The van der Waals surface area contributed by atoms with Gasteiger partial charge in [-0.15, -0.1) is 0 Å². The summed E-state index contributed by atoms with van der Waals surface area (Å²) in [6.45, 7) is 3.48. The van der Waals surface area contributed by atoms with Gasteiger partial charge in [0.2, 0.25) is 0 Å². The summed E-state index contributed by atoms with van der Waals surface area (Å²) < 4.78 is 6.25. The van der Waals surface area contributed by atoms with E-state index in [1.807, 2.05) is 0 Å². The summed E-state index contributed by atoms with van der Waals surface area (Å²) in [4.78, 5) is 11.0. The van der Waals surface area contributed by atoms with Gasteiger partial charge in [0.15, 0.2) is 5.69 Å². The van der Waals surface area contributed by atoms with Crippen LogP contribution in [0.25, 0.3) is 11.3 Å². The molecule has 0 atom stereocenters. The molecule has 2 rings (SSSR count). The van der Waals surface area contributed by atoms with Gasteiger partial charge in [-0.1, -0.05) is 5.16 Å². The number of hydrogen-bond donors (Lipinski definition) is 2. The topological polar surface area (TPSA) is 107 Å². The van der Waals surface area contributed by atoms with E-state index >= 15 is 0 Å². The molecule has 7 nitrogen and oxygen atoms in total. The number of nitrogens with two attached hydrogens (primary N) is 1. The Morgan fingerprint density at radius 1 is 1.47 bits per heavy atom. The molecular formula is C10H12N4O3. The number of aromatic nitrogens is 3. The molecular weight excluding hydrogens is 224 g/mol. The van der Waals surface area contributed by atoms with Crippen molar-refractivity contribution >= 4 is 11.7 Å². The lowest BCUT2D eigenvalue weighted by molar-refractivity contribution is 0.0686. The summed E-state index contributed by atoms with van der Waals surface area (Å²) in [7, 11) is 1.53. The average molecular weight is 236 g/mol. The third-order valence-corrected chi connectivity index (χ3v) is 2.56. The number of rotatable bonds is 2. The van der Waals surface area contributed by atoms with Crippen molar-refractivity contribution in [2.24, 2.45) is 7.05 Å². The molecule has 17 heavy (non-hydrogen) atoms. The van der Waals surface area contributed by atoms with Gasteiger partial charge < -0.3 is 15.4 Å². The molecule has 0 saturated heterocycles. The quantitative estimate of drug-likeness (QED) is 0.804. The van der Waals surface area contributed by atoms with Crippen LogP contribution in [0.5, 0.6) is 0 Å². The van der Waals surface area contributed by atoms with Gasteiger partial charge in [-0.2, -0.15) is 5.10 Å². The normalized spacial score (nSPS) is 10.8. The SMILES string of the molecule is Cc1noc(C)c1-c1nn(C)c(C(=O)O)c1N. The smallest absolute Gasteiger partial charge is 0.356 e. The number of aryl methyl sites for hydroxylation is 3. The Balaban J connectivity index is 2.70. The molecule has 0 aromatic carbocycles. The van der Waals surface area contributed by atoms with E-state index < -0.39 is 5.97 Å². The van der Waals surface area contributed by atoms with Gasteiger partial charge in [0, 0.05) is 7.05 Å². The maximum atomic E-state index is 11.0. The monoisotopic (exact) mass is 236 g/mol. The lowest BCUT2D eigenvalue weighted by Gasteiger charge is -1.96. The largest absolute Gasteiger partial charge is 0.476 e. The van der Waals surface area contributed by atoms with Gasteiger partial charge in [0.05, 0.1) is 16.9 Å². The van der Waals surface area contributed by atoms with Crippen molar-refractivity contribution in [1.82, 2.24) is 14.9 Å². The summed E-state index contributed by atoms with van der Waals surface area (Å²) in [6, 6.07) is 0. The van der Waals surface area contributed by atoms with Crippen molar-refractivity contribution in [3.63, 3.8) is 0 Å². The van der Waals surface area contributed by atoms with E-state index in [1.165, 1.54) is 11.7 Å². The fourth-order valence-corrected chi connectivity index (χ4v) is 1.80. The molecule has 0 saturated carbocycles. The van der Waals surface area contributed by atoms with Gasteiger partial charge in [-0.25, -0.2) is 4.79 Å². The van der Waals surface area contributed by atoms with Crippen molar-refractivity contribution in [3.8, 4) is 11.3 Å². The van der Waals surface area contributed by atoms with Crippen LogP contribution in [-0.4, -0.2) is 26.0 Å². The highest BCUT2D eigenvalue weighted by molar-refractivity contribution is 5.96. The predicted molar refractivity (Wildman–Crippen MR) is 59.6 cm³/mol. The zero-order chi connectivity index (χ0) is 12.7. The summed E-state index contributed by atoms with van der Waals surface area (Å²) in [5.41, 5.74) is 7.54. The molecule has 0 radical (unpaired) electrons. The van der Waals surface area contributed by atoms with Gasteiger partial charge in [-0.05, 0) is 13.8 Å². The fraction of sp³-hybridized carbons (Fsp3) is 0.300. The lowest BCUT2D eigenvalue weighted by Crippen LogP contribution is -2.07. The molecule has 2 aromatic rings. The second-order valence-corrected chi connectivity index (χ2v) is 3.74. The number of carbonyl (C=O) groups is 1. The van der Waals surface area contributed by atoms with Gasteiger partial charge >= 0.3 is 5.97 Å². The maximum Gasteiger partial charge on any atom is 0.356 e.